The van der Waals surface area contributed by atoms with Gasteiger partial charge in [0.05, 0.1) is 0 Å². The minimum atomic E-state index is -0.174. The number of nitrogens with zero attached hydrogens (tertiary/aromatic N) is 2. The van der Waals surface area contributed by atoms with Crippen LogP contribution in [0.25, 0.3) is 0 Å². The molecule has 0 aliphatic rings. The fraction of sp³-hybridized carbons (Fsp3) is 0.467. The molecule has 2 rings (SSSR count). The first kappa shape index (κ1) is 15.9. The van der Waals surface area contributed by atoms with E-state index in [1.807, 2.05) is 13.8 Å². The van der Waals surface area contributed by atoms with Gasteiger partial charge in [-0.05, 0) is 44.4 Å². The molecule has 2 aromatic rings. The molecule has 1 aromatic carbocycles. The number of hydrogen-bond donors (Lipinski definition) is 2. The average molecular weight is 306 g/mol. The van der Waals surface area contributed by atoms with Gasteiger partial charge < -0.3 is 5.73 Å². The summed E-state index contributed by atoms with van der Waals surface area (Å²) >= 11 is 1.50. The first-order chi connectivity index (χ1) is 9.90. The van der Waals surface area contributed by atoms with Crippen LogP contribution in [0, 0.1) is 13.8 Å². The van der Waals surface area contributed by atoms with Crippen molar-refractivity contribution in [2.45, 2.75) is 44.9 Å². The number of aromatic nitrogens is 3. The molecule has 1 atom stereocenters. The lowest BCUT2D eigenvalue weighted by molar-refractivity contribution is 0.533. The van der Waals surface area contributed by atoms with Gasteiger partial charge >= 0.3 is 5.69 Å². The molecule has 0 bridgehead atoms. The van der Waals surface area contributed by atoms with Gasteiger partial charge in [-0.1, -0.05) is 30.0 Å². The van der Waals surface area contributed by atoms with Crippen LogP contribution < -0.4 is 11.4 Å². The lowest BCUT2D eigenvalue weighted by atomic mass is 10.0. The Labute approximate surface area is 128 Å². The fourth-order valence-electron chi connectivity index (χ4n) is 2.10. The summed E-state index contributed by atoms with van der Waals surface area (Å²) in [6.07, 6.45) is 0. The van der Waals surface area contributed by atoms with E-state index in [4.69, 9.17) is 5.73 Å². The van der Waals surface area contributed by atoms with E-state index in [-0.39, 0.29) is 17.8 Å². The molecule has 5 nitrogen and oxygen atoms in total. The maximum atomic E-state index is 11.7. The molecule has 0 spiro atoms. The van der Waals surface area contributed by atoms with Gasteiger partial charge in [-0.3, -0.25) is 4.57 Å². The number of hydrogen-bond acceptors (Lipinski definition) is 4. The molecule has 0 fully saturated rings. The van der Waals surface area contributed by atoms with Crippen LogP contribution in [0.5, 0.6) is 0 Å². The lowest BCUT2D eigenvalue weighted by Gasteiger charge is -2.14. The molecule has 1 heterocycles. The predicted molar refractivity (Wildman–Crippen MR) is 86.8 cm³/mol. The molecule has 0 saturated heterocycles. The largest absolute Gasteiger partial charge is 0.344 e. The number of aryl methyl sites for hydroxylation is 2. The molecule has 0 radical (unpaired) electrons. The Morgan fingerprint density at radius 1 is 1.33 bits per heavy atom. The smallest absolute Gasteiger partial charge is 0.323 e. The van der Waals surface area contributed by atoms with Gasteiger partial charge in [0.25, 0.3) is 0 Å². The van der Waals surface area contributed by atoms with Gasteiger partial charge in [0.2, 0.25) is 0 Å². The topological polar surface area (TPSA) is 76.7 Å². The Kier molecular flexibility index (Phi) is 4.90. The SMILES string of the molecule is Cc1ccc(C(N)CSc2n[nH]c(=O)n2C(C)C)cc1C. The van der Waals surface area contributed by atoms with Gasteiger partial charge in [-0.2, -0.15) is 0 Å². The number of nitrogens with two attached hydrogens (primary N) is 1. The first-order valence-electron chi connectivity index (χ1n) is 7.02. The Bertz CT molecular complexity index is 675. The van der Waals surface area contributed by atoms with Gasteiger partial charge in [-0.15, -0.1) is 5.10 Å². The summed E-state index contributed by atoms with van der Waals surface area (Å²) in [7, 11) is 0. The minimum absolute atomic E-state index is 0.0802. The summed E-state index contributed by atoms with van der Waals surface area (Å²) in [6.45, 7) is 8.10. The quantitative estimate of drug-likeness (QED) is 0.832. The number of aromatic amines is 1. The van der Waals surface area contributed by atoms with E-state index >= 15 is 0 Å². The number of H-pyrrole nitrogens is 1. The molecule has 0 aliphatic carbocycles. The van der Waals surface area contributed by atoms with E-state index < -0.39 is 0 Å². The molecule has 21 heavy (non-hydrogen) atoms. The standard InChI is InChI=1S/C15H22N4OS/c1-9(2)19-14(20)17-18-15(19)21-8-13(16)12-6-5-10(3)11(4)7-12/h5-7,9,13H,8,16H2,1-4H3,(H,17,20). The van der Waals surface area contributed by atoms with E-state index in [1.54, 1.807) is 4.57 Å². The van der Waals surface area contributed by atoms with E-state index in [9.17, 15) is 4.79 Å². The third kappa shape index (κ3) is 3.57. The van der Waals surface area contributed by atoms with Gasteiger partial charge in [0.15, 0.2) is 5.16 Å². The van der Waals surface area contributed by atoms with Crippen molar-refractivity contribution in [2.75, 3.05) is 5.75 Å². The lowest BCUT2D eigenvalue weighted by Crippen LogP contribution is -2.20. The summed E-state index contributed by atoms with van der Waals surface area (Å²) < 4.78 is 1.65. The third-order valence-electron chi connectivity index (χ3n) is 3.54. The normalized spacial score (nSPS) is 12.9. The van der Waals surface area contributed by atoms with Crippen molar-refractivity contribution in [3.8, 4) is 0 Å². The molecule has 0 saturated carbocycles. The Hall–Kier alpha value is -1.53. The van der Waals surface area contributed by atoms with Crippen LogP contribution >= 0.6 is 11.8 Å². The van der Waals surface area contributed by atoms with Crippen LogP contribution in [0.1, 0.15) is 42.6 Å². The highest BCUT2D eigenvalue weighted by Gasteiger charge is 2.14. The highest BCUT2D eigenvalue weighted by molar-refractivity contribution is 7.99. The average Bonchev–Trinajstić information content (AvgIpc) is 2.80. The molecule has 3 N–H and O–H groups in total. The van der Waals surface area contributed by atoms with E-state index in [0.29, 0.717) is 10.9 Å². The molecular weight excluding hydrogens is 284 g/mol. The molecule has 114 valence electrons. The van der Waals surface area contributed by atoms with Crippen molar-refractivity contribution in [3.05, 3.63) is 45.4 Å². The van der Waals surface area contributed by atoms with Gasteiger partial charge in [0.1, 0.15) is 0 Å². The van der Waals surface area contributed by atoms with Crippen LogP contribution in [0.15, 0.2) is 28.2 Å². The molecule has 0 aliphatic heterocycles. The summed E-state index contributed by atoms with van der Waals surface area (Å²) in [4.78, 5) is 11.7. The molecule has 1 unspecified atom stereocenters. The maximum absolute atomic E-state index is 11.7. The molecule has 6 heteroatoms. The number of nitrogens with one attached hydrogen (secondary N) is 1. The fourth-order valence-corrected chi connectivity index (χ4v) is 3.17. The molecule has 1 aromatic heterocycles. The van der Waals surface area contributed by atoms with Crippen LogP contribution in [-0.2, 0) is 0 Å². The zero-order valence-corrected chi connectivity index (χ0v) is 13.7. The summed E-state index contributed by atoms with van der Waals surface area (Å²) in [5.74, 6) is 0.680. The van der Waals surface area contributed by atoms with Crippen LogP contribution in [0.4, 0.5) is 0 Å². The van der Waals surface area contributed by atoms with Crippen LogP contribution in [-0.4, -0.2) is 20.5 Å². The van der Waals surface area contributed by atoms with Crippen LogP contribution in [0.2, 0.25) is 0 Å². The van der Waals surface area contributed by atoms with E-state index in [0.717, 1.165) is 5.56 Å². The van der Waals surface area contributed by atoms with Gasteiger partial charge in [0, 0.05) is 17.8 Å². The van der Waals surface area contributed by atoms with E-state index in [1.165, 1.54) is 22.9 Å². The maximum Gasteiger partial charge on any atom is 0.344 e. The first-order valence-corrected chi connectivity index (χ1v) is 8.01. The van der Waals surface area contributed by atoms with Crippen molar-refractivity contribution in [1.29, 1.82) is 0 Å². The number of thioether (sulfide) groups is 1. The Morgan fingerprint density at radius 2 is 2.05 bits per heavy atom. The summed E-state index contributed by atoms with van der Waals surface area (Å²) in [5, 5.41) is 7.25. The Morgan fingerprint density at radius 3 is 2.67 bits per heavy atom. The second-order valence-corrected chi connectivity index (χ2v) is 6.52. The number of rotatable bonds is 5. The van der Waals surface area contributed by atoms with Crippen molar-refractivity contribution in [2.24, 2.45) is 5.73 Å². The van der Waals surface area contributed by atoms with Gasteiger partial charge in [-0.25, -0.2) is 9.89 Å². The molecular formula is C15H22N4OS. The monoisotopic (exact) mass is 306 g/mol. The second kappa shape index (κ2) is 6.49. The predicted octanol–water partition coefficient (Wildman–Crippen LogP) is 2.56. The second-order valence-electron chi connectivity index (χ2n) is 5.54. The zero-order valence-electron chi connectivity index (χ0n) is 12.9. The molecule has 0 amide bonds. The highest BCUT2D eigenvalue weighted by Crippen LogP contribution is 2.23. The van der Waals surface area contributed by atoms with Crippen molar-refractivity contribution >= 4 is 11.8 Å². The third-order valence-corrected chi connectivity index (χ3v) is 4.61. The van der Waals surface area contributed by atoms with Crippen LogP contribution in [0.3, 0.4) is 0 Å². The minimum Gasteiger partial charge on any atom is -0.323 e. The van der Waals surface area contributed by atoms with Crippen molar-refractivity contribution < 1.29 is 0 Å². The van der Waals surface area contributed by atoms with Crippen molar-refractivity contribution in [1.82, 2.24) is 14.8 Å². The Balaban J connectivity index is 2.09. The summed E-state index contributed by atoms with van der Waals surface area (Å²) in [5.41, 5.74) is 9.69. The highest BCUT2D eigenvalue weighted by atomic mass is 32.2. The van der Waals surface area contributed by atoms with E-state index in [2.05, 4.69) is 42.2 Å². The zero-order chi connectivity index (χ0) is 15.6. The number of benzene rings is 1. The van der Waals surface area contributed by atoms with Crippen molar-refractivity contribution in [3.63, 3.8) is 0 Å². The summed E-state index contributed by atoms with van der Waals surface area (Å²) in [6, 6.07) is 6.28.